The number of aliphatic hydroxyl groups is 4. The fourth-order valence-electron chi connectivity index (χ4n) is 0.768. The minimum Gasteiger partial charge on any atom is -0.479 e. The largest absolute Gasteiger partial charge is 0.479 e. The van der Waals surface area contributed by atoms with Crippen LogP contribution in [0.25, 0.3) is 0 Å². The highest BCUT2D eigenvalue weighted by Gasteiger charge is 2.36. The Bertz CT molecular complexity index is 183. The van der Waals surface area contributed by atoms with E-state index in [1.165, 1.54) is 0 Å². The maximum atomic E-state index is 10.3. The van der Waals surface area contributed by atoms with E-state index in [1.54, 1.807) is 0 Å². The molecule has 14 heavy (non-hydrogen) atoms. The van der Waals surface area contributed by atoms with Crippen LogP contribution in [0.15, 0.2) is 0 Å². The Kier molecular flexibility index (Phi) is 5.53. The average Bonchev–Trinajstić information content (AvgIpc) is 2.15. The van der Waals surface area contributed by atoms with E-state index in [0.29, 0.717) is 0 Å². The molecule has 6 N–H and O–H groups in total. The van der Waals surface area contributed by atoms with Crippen LogP contribution >= 0.6 is 0 Å². The average molecular weight is 212 g/mol. The molecule has 0 rings (SSSR count). The fourth-order valence-corrected chi connectivity index (χ4v) is 0.768. The molecule has 0 fully saturated rings. The highest BCUT2D eigenvalue weighted by molar-refractivity contribution is 5.73. The summed E-state index contributed by atoms with van der Waals surface area (Å²) in [7, 11) is 0. The zero-order valence-electron chi connectivity index (χ0n) is 7.02. The van der Waals surface area contributed by atoms with Crippen molar-refractivity contribution in [3.8, 4) is 0 Å². The summed E-state index contributed by atoms with van der Waals surface area (Å²) in [6.45, 7) is -0.865. The number of hydrogen-bond acceptors (Lipinski definition) is 7. The van der Waals surface area contributed by atoms with Gasteiger partial charge in [0.05, 0.1) is 6.61 Å². The van der Waals surface area contributed by atoms with E-state index >= 15 is 0 Å². The van der Waals surface area contributed by atoms with E-state index in [0.717, 1.165) is 0 Å². The van der Waals surface area contributed by atoms with E-state index in [2.05, 4.69) is 4.89 Å². The summed E-state index contributed by atoms with van der Waals surface area (Å²) in [5, 5.41) is 51.7. The van der Waals surface area contributed by atoms with Gasteiger partial charge < -0.3 is 25.5 Å². The lowest BCUT2D eigenvalue weighted by Gasteiger charge is -2.24. The zero-order valence-corrected chi connectivity index (χ0v) is 7.02. The van der Waals surface area contributed by atoms with Crippen molar-refractivity contribution < 1.29 is 40.5 Å². The standard InChI is InChI=1S/C6H12O8/c7-1-2(8)3(9)4(10)5(14-13)6(11)12/h2-5,7-10,13H,1H2,(H,11,12)/t2-,3-,4+,5-/m1/s1. The second kappa shape index (κ2) is 5.86. The molecule has 0 radical (unpaired) electrons. The smallest absolute Gasteiger partial charge is 0.339 e. The first kappa shape index (κ1) is 13.2. The molecule has 0 heterocycles. The summed E-state index contributed by atoms with van der Waals surface area (Å²) < 4.78 is 0. The van der Waals surface area contributed by atoms with Crippen LogP contribution in [0.2, 0.25) is 0 Å². The predicted molar refractivity (Wildman–Crippen MR) is 40.2 cm³/mol. The molecule has 4 atom stereocenters. The van der Waals surface area contributed by atoms with Crippen molar-refractivity contribution in [1.29, 1.82) is 0 Å². The second-order valence-electron chi connectivity index (χ2n) is 2.60. The van der Waals surface area contributed by atoms with E-state index in [1.807, 2.05) is 0 Å². The quantitative estimate of drug-likeness (QED) is 0.201. The summed E-state index contributed by atoms with van der Waals surface area (Å²) in [4.78, 5) is 13.7. The number of carboxylic acids is 1. The highest BCUT2D eigenvalue weighted by Crippen LogP contribution is 2.07. The summed E-state index contributed by atoms with van der Waals surface area (Å²) in [5.41, 5.74) is 0. The lowest BCUT2D eigenvalue weighted by Crippen LogP contribution is -2.49. The Hall–Kier alpha value is -0.770. The number of aliphatic carboxylic acids is 1. The van der Waals surface area contributed by atoms with Crippen molar-refractivity contribution in [2.75, 3.05) is 6.61 Å². The highest BCUT2D eigenvalue weighted by atomic mass is 17.1. The van der Waals surface area contributed by atoms with Gasteiger partial charge in [0.25, 0.3) is 0 Å². The molecule has 0 bridgehead atoms. The van der Waals surface area contributed by atoms with E-state index < -0.39 is 37.0 Å². The molecule has 0 aromatic heterocycles. The molecule has 0 saturated heterocycles. The van der Waals surface area contributed by atoms with Gasteiger partial charge in [-0.25, -0.2) is 9.68 Å². The van der Waals surface area contributed by atoms with Crippen molar-refractivity contribution in [1.82, 2.24) is 0 Å². The van der Waals surface area contributed by atoms with E-state index in [4.69, 9.17) is 30.8 Å². The van der Waals surface area contributed by atoms with Gasteiger partial charge in [0.15, 0.2) is 0 Å². The molecule has 8 heteroatoms. The van der Waals surface area contributed by atoms with Gasteiger partial charge in [0.2, 0.25) is 6.10 Å². The van der Waals surface area contributed by atoms with Crippen LogP contribution in [-0.4, -0.2) is 67.8 Å². The van der Waals surface area contributed by atoms with Gasteiger partial charge in [-0.2, -0.15) is 0 Å². The molecule has 0 aliphatic heterocycles. The number of rotatable bonds is 6. The van der Waals surface area contributed by atoms with Crippen molar-refractivity contribution in [2.24, 2.45) is 0 Å². The van der Waals surface area contributed by atoms with Crippen LogP contribution in [0.5, 0.6) is 0 Å². The van der Waals surface area contributed by atoms with Crippen molar-refractivity contribution in [3.63, 3.8) is 0 Å². The first-order chi connectivity index (χ1) is 6.45. The number of hydrogen-bond donors (Lipinski definition) is 6. The van der Waals surface area contributed by atoms with Gasteiger partial charge in [-0.15, -0.1) is 0 Å². The Labute approximate surface area is 78.5 Å². The molecule has 0 spiro atoms. The van der Waals surface area contributed by atoms with Crippen LogP contribution in [0, 0.1) is 0 Å². The second-order valence-corrected chi connectivity index (χ2v) is 2.60. The maximum Gasteiger partial charge on any atom is 0.339 e. The van der Waals surface area contributed by atoms with Crippen molar-refractivity contribution in [2.45, 2.75) is 24.4 Å². The molecule has 0 aromatic carbocycles. The number of carboxylic acid groups (broad SMARTS) is 1. The van der Waals surface area contributed by atoms with Gasteiger partial charge in [-0.1, -0.05) is 0 Å². The normalized spacial score (nSPS) is 19.8. The molecule has 0 amide bonds. The van der Waals surface area contributed by atoms with Gasteiger partial charge >= 0.3 is 5.97 Å². The Morgan fingerprint density at radius 2 is 1.71 bits per heavy atom. The van der Waals surface area contributed by atoms with Crippen molar-refractivity contribution >= 4 is 5.97 Å². The third-order valence-corrected chi connectivity index (χ3v) is 1.60. The minimum atomic E-state index is -2.09. The van der Waals surface area contributed by atoms with Gasteiger partial charge in [0.1, 0.15) is 18.3 Å². The lowest BCUT2D eigenvalue weighted by molar-refractivity contribution is -0.301. The first-order valence-electron chi connectivity index (χ1n) is 3.63. The summed E-state index contributed by atoms with van der Waals surface area (Å²) in [6.07, 6.45) is -7.80. The van der Waals surface area contributed by atoms with E-state index in [-0.39, 0.29) is 0 Å². The molecular formula is C6H12O8. The van der Waals surface area contributed by atoms with Crippen molar-refractivity contribution in [3.05, 3.63) is 0 Å². The molecule has 0 aliphatic carbocycles. The first-order valence-corrected chi connectivity index (χ1v) is 3.63. The molecule has 0 aliphatic rings. The minimum absolute atomic E-state index is 0.865. The number of carbonyl (C=O) groups is 1. The fraction of sp³-hybridized carbons (Fsp3) is 0.833. The van der Waals surface area contributed by atoms with Crippen LogP contribution < -0.4 is 0 Å². The zero-order chi connectivity index (χ0) is 11.3. The predicted octanol–water partition coefficient (Wildman–Crippen LogP) is -3.00. The third-order valence-electron chi connectivity index (χ3n) is 1.60. The van der Waals surface area contributed by atoms with Crippen LogP contribution in [0.3, 0.4) is 0 Å². The summed E-state index contributed by atoms with van der Waals surface area (Å²) >= 11 is 0. The Balaban J connectivity index is 4.41. The SMILES string of the molecule is O=C(O)[C@H](OO)[C@@H](O)[C@H](O)[C@H](O)CO. The van der Waals surface area contributed by atoms with Gasteiger partial charge in [-0.05, 0) is 0 Å². The Morgan fingerprint density at radius 1 is 1.21 bits per heavy atom. The molecule has 84 valence electrons. The summed E-state index contributed by atoms with van der Waals surface area (Å²) in [6, 6.07) is 0. The van der Waals surface area contributed by atoms with Crippen LogP contribution in [0.1, 0.15) is 0 Å². The molecule has 0 unspecified atom stereocenters. The van der Waals surface area contributed by atoms with Gasteiger partial charge in [0, 0.05) is 0 Å². The Morgan fingerprint density at radius 3 is 2.00 bits per heavy atom. The summed E-state index contributed by atoms with van der Waals surface area (Å²) in [5.74, 6) is -1.72. The monoisotopic (exact) mass is 212 g/mol. The maximum absolute atomic E-state index is 10.3. The molecule has 0 saturated carbocycles. The van der Waals surface area contributed by atoms with E-state index in [9.17, 15) is 4.79 Å². The number of aliphatic hydroxyl groups excluding tert-OH is 4. The van der Waals surface area contributed by atoms with Crippen LogP contribution in [-0.2, 0) is 9.68 Å². The topological polar surface area (TPSA) is 148 Å². The third kappa shape index (κ3) is 3.18. The van der Waals surface area contributed by atoms with Gasteiger partial charge in [-0.3, -0.25) is 5.26 Å². The molecule has 0 aromatic rings. The van der Waals surface area contributed by atoms with Crippen LogP contribution in [0.4, 0.5) is 0 Å². The molecular weight excluding hydrogens is 200 g/mol. The lowest BCUT2D eigenvalue weighted by atomic mass is 10.0. The molecule has 8 nitrogen and oxygen atoms in total.